The van der Waals surface area contributed by atoms with Gasteiger partial charge in [-0.05, 0) is 34.1 Å². The zero-order valence-corrected chi connectivity index (χ0v) is 17.4. The monoisotopic (exact) mass is 446 g/mol. The summed E-state index contributed by atoms with van der Waals surface area (Å²) in [5, 5.41) is 4.42. The van der Waals surface area contributed by atoms with E-state index in [4.69, 9.17) is 4.42 Å². The summed E-state index contributed by atoms with van der Waals surface area (Å²) in [5.41, 5.74) is 1.57. The fourth-order valence-electron chi connectivity index (χ4n) is 3.68. The molecular weight excluding hydrogens is 431 g/mol. The maximum absolute atomic E-state index is 14.6. The van der Waals surface area contributed by atoms with E-state index in [1.54, 1.807) is 0 Å². The highest BCUT2D eigenvalue weighted by molar-refractivity contribution is 9.10. The number of para-hydroxylation sites is 1. The van der Waals surface area contributed by atoms with Gasteiger partial charge in [-0.25, -0.2) is 0 Å². The molecule has 0 aliphatic rings. The van der Waals surface area contributed by atoms with E-state index in [1.807, 2.05) is 97.1 Å². The molecule has 1 heterocycles. The van der Waals surface area contributed by atoms with Crippen molar-refractivity contribution in [3.05, 3.63) is 102 Å². The number of rotatable bonds is 3. The van der Waals surface area contributed by atoms with Crippen molar-refractivity contribution in [2.45, 2.75) is 0 Å². The molecule has 5 rings (SSSR count). The van der Waals surface area contributed by atoms with Gasteiger partial charge in [0.05, 0.1) is 0 Å². The third-order valence-electron chi connectivity index (χ3n) is 5.03. The van der Waals surface area contributed by atoms with Crippen LogP contribution < -0.4 is 15.9 Å². The molecule has 0 N–H and O–H groups in total. The van der Waals surface area contributed by atoms with E-state index < -0.39 is 7.14 Å². The Balaban J connectivity index is 1.85. The third-order valence-corrected chi connectivity index (χ3v) is 9.09. The lowest BCUT2D eigenvalue weighted by atomic mass is 10.1. The number of fused-ring (bicyclic) bond motifs is 3. The molecule has 2 nitrogen and oxygen atoms in total. The van der Waals surface area contributed by atoms with Gasteiger partial charge in [-0.1, -0.05) is 78.9 Å². The van der Waals surface area contributed by atoms with Crippen LogP contribution in [-0.4, -0.2) is 0 Å². The molecule has 0 saturated carbocycles. The largest absolute Gasteiger partial charge is 0.456 e. The van der Waals surface area contributed by atoms with Crippen molar-refractivity contribution in [2.24, 2.45) is 0 Å². The van der Waals surface area contributed by atoms with Gasteiger partial charge in [0.25, 0.3) is 0 Å². The highest BCUT2D eigenvalue weighted by Gasteiger charge is 2.32. The van der Waals surface area contributed by atoms with Crippen LogP contribution in [0, 0.1) is 0 Å². The zero-order chi connectivity index (χ0) is 19.1. The van der Waals surface area contributed by atoms with Crippen LogP contribution in [0.4, 0.5) is 0 Å². The van der Waals surface area contributed by atoms with Crippen LogP contribution in [0.1, 0.15) is 0 Å². The van der Waals surface area contributed by atoms with Gasteiger partial charge in [0.1, 0.15) is 11.2 Å². The molecule has 0 bridgehead atoms. The normalized spacial score (nSPS) is 11.9. The summed E-state index contributed by atoms with van der Waals surface area (Å²) >= 11 is 3.70. The molecule has 5 aromatic rings. The van der Waals surface area contributed by atoms with Crippen LogP contribution in [0.15, 0.2) is 106 Å². The first-order valence-corrected chi connectivity index (χ1v) is 11.5. The first-order valence-electron chi connectivity index (χ1n) is 9.00. The summed E-state index contributed by atoms with van der Waals surface area (Å²) in [5.74, 6) is 0. The van der Waals surface area contributed by atoms with Crippen molar-refractivity contribution in [3.8, 4) is 0 Å². The molecule has 0 atom stereocenters. The number of furan rings is 1. The van der Waals surface area contributed by atoms with Gasteiger partial charge < -0.3 is 8.98 Å². The molecule has 1 aromatic heterocycles. The molecule has 0 aliphatic heterocycles. The lowest BCUT2D eigenvalue weighted by Crippen LogP contribution is -2.25. The second kappa shape index (κ2) is 6.77. The predicted octanol–water partition coefficient (Wildman–Crippen LogP) is 5.99. The van der Waals surface area contributed by atoms with Crippen molar-refractivity contribution in [1.82, 2.24) is 0 Å². The average Bonchev–Trinajstić information content (AvgIpc) is 3.11. The van der Waals surface area contributed by atoms with E-state index in [-0.39, 0.29) is 0 Å². The number of hydrogen-bond donors (Lipinski definition) is 0. The van der Waals surface area contributed by atoms with Gasteiger partial charge in [-0.2, -0.15) is 0 Å². The molecule has 0 radical (unpaired) electrons. The van der Waals surface area contributed by atoms with Crippen molar-refractivity contribution >= 4 is 60.9 Å². The van der Waals surface area contributed by atoms with Crippen molar-refractivity contribution in [2.75, 3.05) is 0 Å². The molecule has 0 amide bonds. The van der Waals surface area contributed by atoms with Crippen molar-refractivity contribution < 1.29 is 8.98 Å². The molecule has 0 spiro atoms. The minimum Gasteiger partial charge on any atom is -0.456 e. The number of benzene rings is 4. The van der Waals surface area contributed by atoms with E-state index in [0.29, 0.717) is 0 Å². The van der Waals surface area contributed by atoms with Gasteiger partial charge in [0.2, 0.25) is 0 Å². The van der Waals surface area contributed by atoms with Gasteiger partial charge in [0.15, 0.2) is 7.14 Å². The summed E-state index contributed by atoms with van der Waals surface area (Å²) in [4.78, 5) is 0. The summed E-state index contributed by atoms with van der Waals surface area (Å²) in [6.07, 6.45) is 0. The van der Waals surface area contributed by atoms with Crippen LogP contribution in [-0.2, 0) is 4.57 Å². The van der Waals surface area contributed by atoms with Crippen LogP contribution in [0.2, 0.25) is 0 Å². The number of halogens is 1. The molecule has 28 heavy (non-hydrogen) atoms. The summed E-state index contributed by atoms with van der Waals surface area (Å²) in [6.45, 7) is 0. The highest BCUT2D eigenvalue weighted by atomic mass is 79.9. The SMILES string of the molecule is O=P(c1ccccc1)(c1ccccc1)c1cc2oc3ccccc3c2cc1Br. The Kier molecular flexibility index (Phi) is 4.23. The Morgan fingerprint density at radius 3 is 1.86 bits per heavy atom. The lowest BCUT2D eigenvalue weighted by Gasteiger charge is -2.21. The second-order valence-electron chi connectivity index (χ2n) is 6.68. The molecule has 0 unspecified atom stereocenters. The maximum Gasteiger partial charge on any atom is 0.172 e. The summed E-state index contributed by atoms with van der Waals surface area (Å²) in [7, 11) is -3.07. The molecule has 4 heteroatoms. The Morgan fingerprint density at radius 2 is 1.21 bits per heavy atom. The first-order chi connectivity index (χ1) is 13.7. The molecule has 136 valence electrons. The van der Waals surface area contributed by atoms with Gasteiger partial charge in [-0.15, -0.1) is 0 Å². The summed E-state index contributed by atoms with van der Waals surface area (Å²) in [6, 6.07) is 31.2. The molecule has 0 saturated heterocycles. The van der Waals surface area contributed by atoms with E-state index in [2.05, 4.69) is 15.9 Å². The fourth-order valence-corrected chi connectivity index (χ4v) is 7.47. The highest BCUT2D eigenvalue weighted by Crippen LogP contribution is 2.46. The Labute approximate surface area is 171 Å². The smallest absolute Gasteiger partial charge is 0.172 e. The molecular formula is C24H16BrO2P. The topological polar surface area (TPSA) is 30.2 Å². The average molecular weight is 447 g/mol. The summed E-state index contributed by atoms with van der Waals surface area (Å²) < 4.78 is 21.5. The van der Waals surface area contributed by atoms with Crippen LogP contribution in [0.5, 0.6) is 0 Å². The van der Waals surface area contributed by atoms with Crippen LogP contribution in [0.25, 0.3) is 21.9 Å². The van der Waals surface area contributed by atoms with Crippen molar-refractivity contribution in [3.63, 3.8) is 0 Å². The minimum atomic E-state index is -3.07. The van der Waals surface area contributed by atoms with Gasteiger partial charge >= 0.3 is 0 Å². The van der Waals surface area contributed by atoms with E-state index >= 15 is 0 Å². The standard InChI is InChI=1S/C24H16BrO2P/c25-21-15-20-19-13-7-8-14-22(19)27-23(20)16-24(21)28(26,17-9-3-1-4-10-17)18-11-5-2-6-12-18/h1-16H. The van der Waals surface area contributed by atoms with E-state index in [9.17, 15) is 4.57 Å². The van der Waals surface area contributed by atoms with Crippen molar-refractivity contribution in [1.29, 1.82) is 0 Å². The lowest BCUT2D eigenvalue weighted by molar-refractivity contribution is 0.592. The second-order valence-corrected chi connectivity index (χ2v) is 10.3. The molecule has 0 aliphatic carbocycles. The van der Waals surface area contributed by atoms with Gasteiger partial charge in [0, 0.05) is 31.2 Å². The first kappa shape index (κ1) is 17.5. The minimum absolute atomic E-state index is 0.742. The van der Waals surface area contributed by atoms with Crippen LogP contribution in [0.3, 0.4) is 0 Å². The Hall–Kier alpha value is -2.61. The fraction of sp³-hybridized carbons (Fsp3) is 0. The molecule has 4 aromatic carbocycles. The molecule has 0 fully saturated rings. The van der Waals surface area contributed by atoms with Crippen LogP contribution >= 0.6 is 23.1 Å². The quantitative estimate of drug-likeness (QED) is 0.318. The third kappa shape index (κ3) is 2.66. The predicted molar refractivity (Wildman–Crippen MR) is 121 cm³/mol. The van der Waals surface area contributed by atoms with E-state index in [0.717, 1.165) is 42.3 Å². The Morgan fingerprint density at radius 1 is 0.643 bits per heavy atom. The maximum atomic E-state index is 14.6. The van der Waals surface area contributed by atoms with E-state index in [1.165, 1.54) is 0 Å². The van der Waals surface area contributed by atoms with Gasteiger partial charge in [-0.3, -0.25) is 0 Å². The number of hydrogen-bond acceptors (Lipinski definition) is 2. The zero-order valence-electron chi connectivity index (χ0n) is 14.9. The Bertz CT molecular complexity index is 1300.